The number of hydrogen-bond acceptors (Lipinski definition) is 5. The molecule has 0 aliphatic rings. The fraction of sp³-hybridized carbons (Fsp3) is 0.150. The Morgan fingerprint density at radius 2 is 1.70 bits per heavy atom. The van der Waals surface area contributed by atoms with Crippen LogP contribution in [0.2, 0.25) is 0 Å². The van der Waals surface area contributed by atoms with Crippen molar-refractivity contribution in [1.82, 2.24) is 10.3 Å². The highest BCUT2D eigenvalue weighted by atomic mass is 32.2. The minimum atomic E-state index is -0.209. The van der Waals surface area contributed by atoms with Crippen LogP contribution in [0, 0.1) is 0 Å². The van der Waals surface area contributed by atoms with Crippen LogP contribution in [-0.4, -0.2) is 29.1 Å². The summed E-state index contributed by atoms with van der Waals surface area (Å²) in [5.74, 6) is 0.527. The predicted molar refractivity (Wildman–Crippen MR) is 110 cm³/mol. The first-order valence-electron chi connectivity index (χ1n) is 8.46. The summed E-state index contributed by atoms with van der Waals surface area (Å²) in [6.45, 7) is 0.597. The number of benzene rings is 2. The molecule has 5 nitrogen and oxygen atoms in total. The van der Waals surface area contributed by atoms with E-state index in [2.05, 4.69) is 15.6 Å². The molecule has 0 aliphatic heterocycles. The van der Waals surface area contributed by atoms with Crippen molar-refractivity contribution in [2.75, 3.05) is 17.6 Å². The predicted octanol–water partition coefficient (Wildman–Crippen LogP) is 3.85. The van der Waals surface area contributed by atoms with Crippen molar-refractivity contribution in [3.05, 3.63) is 77.3 Å². The molecule has 2 amide bonds. The standard InChI is InChI=1S/C20H19N3O2S2/c24-18(21-11-12-26-17-9-5-2-6-10-17)13-16-14-27-20(22-16)23-19(25)15-7-3-1-4-8-15/h1-10,14H,11-13H2,(H,21,24)(H,22,23,25). The minimum absolute atomic E-state index is 0.0742. The second-order valence-electron chi connectivity index (χ2n) is 5.65. The molecule has 0 fully saturated rings. The second-order valence-corrected chi connectivity index (χ2v) is 7.68. The van der Waals surface area contributed by atoms with Gasteiger partial charge in [-0.05, 0) is 24.3 Å². The lowest BCUT2D eigenvalue weighted by atomic mass is 10.2. The van der Waals surface area contributed by atoms with Crippen molar-refractivity contribution in [1.29, 1.82) is 0 Å². The summed E-state index contributed by atoms with van der Waals surface area (Å²) in [6, 6.07) is 19.0. The Labute approximate surface area is 166 Å². The van der Waals surface area contributed by atoms with Crippen molar-refractivity contribution in [2.45, 2.75) is 11.3 Å². The Balaban J connectivity index is 1.40. The lowest BCUT2D eigenvalue weighted by Crippen LogP contribution is -2.27. The van der Waals surface area contributed by atoms with E-state index in [1.165, 1.54) is 16.2 Å². The lowest BCUT2D eigenvalue weighted by Gasteiger charge is -2.04. The molecule has 7 heteroatoms. The van der Waals surface area contributed by atoms with Gasteiger partial charge in [0.05, 0.1) is 12.1 Å². The average Bonchev–Trinajstić information content (AvgIpc) is 3.13. The Morgan fingerprint density at radius 1 is 1.00 bits per heavy atom. The molecule has 0 spiro atoms. The molecule has 0 saturated carbocycles. The molecule has 1 aromatic heterocycles. The topological polar surface area (TPSA) is 71.1 Å². The van der Waals surface area contributed by atoms with Crippen molar-refractivity contribution in [3.8, 4) is 0 Å². The van der Waals surface area contributed by atoms with Crippen molar-refractivity contribution in [3.63, 3.8) is 0 Å². The summed E-state index contributed by atoms with van der Waals surface area (Å²) < 4.78 is 0. The average molecular weight is 398 g/mol. The number of thiazole rings is 1. The van der Waals surface area contributed by atoms with Gasteiger partial charge in [-0.25, -0.2) is 4.98 Å². The molecule has 1 heterocycles. The number of anilines is 1. The van der Waals surface area contributed by atoms with Crippen LogP contribution in [0.3, 0.4) is 0 Å². The van der Waals surface area contributed by atoms with Crippen LogP contribution < -0.4 is 10.6 Å². The summed E-state index contributed by atoms with van der Waals surface area (Å²) in [4.78, 5) is 29.6. The molecular weight excluding hydrogens is 378 g/mol. The largest absolute Gasteiger partial charge is 0.355 e. The zero-order chi connectivity index (χ0) is 18.9. The van der Waals surface area contributed by atoms with Crippen molar-refractivity contribution < 1.29 is 9.59 Å². The number of aromatic nitrogens is 1. The Hall–Kier alpha value is -2.64. The molecule has 0 radical (unpaired) electrons. The van der Waals surface area contributed by atoms with E-state index in [0.29, 0.717) is 22.9 Å². The van der Waals surface area contributed by atoms with E-state index in [-0.39, 0.29) is 18.2 Å². The number of nitrogens with one attached hydrogen (secondary N) is 2. The van der Waals surface area contributed by atoms with E-state index in [1.54, 1.807) is 29.3 Å². The Bertz CT molecular complexity index is 883. The number of thioether (sulfide) groups is 1. The molecule has 3 aromatic rings. The maximum Gasteiger partial charge on any atom is 0.257 e. The zero-order valence-electron chi connectivity index (χ0n) is 14.6. The van der Waals surface area contributed by atoms with Gasteiger partial charge in [-0.1, -0.05) is 36.4 Å². The molecule has 27 heavy (non-hydrogen) atoms. The SMILES string of the molecule is O=C(Cc1csc(NC(=O)c2ccccc2)n1)NCCSc1ccccc1. The van der Waals surface area contributed by atoms with Crippen molar-refractivity contribution in [2.24, 2.45) is 0 Å². The number of hydrogen-bond donors (Lipinski definition) is 2. The first-order valence-corrected chi connectivity index (χ1v) is 10.3. The molecule has 3 rings (SSSR count). The third kappa shape index (κ3) is 6.23. The van der Waals surface area contributed by atoms with E-state index >= 15 is 0 Å². The van der Waals surface area contributed by atoms with Crippen LogP contribution in [-0.2, 0) is 11.2 Å². The smallest absolute Gasteiger partial charge is 0.257 e. The maximum atomic E-state index is 12.1. The Kier molecular flexibility index (Phi) is 7.01. The van der Waals surface area contributed by atoms with Crippen LogP contribution in [0.4, 0.5) is 5.13 Å². The van der Waals surface area contributed by atoms with Gasteiger partial charge in [-0.3, -0.25) is 14.9 Å². The van der Waals surface area contributed by atoms with E-state index in [1.807, 2.05) is 48.5 Å². The first kappa shape index (κ1) is 19.1. The van der Waals surface area contributed by atoms with Gasteiger partial charge < -0.3 is 5.32 Å². The summed E-state index contributed by atoms with van der Waals surface area (Å²) in [7, 11) is 0. The molecular formula is C20H19N3O2S2. The second kappa shape index (κ2) is 9.89. The van der Waals surface area contributed by atoms with Crippen LogP contribution in [0.5, 0.6) is 0 Å². The van der Waals surface area contributed by atoms with Gasteiger partial charge in [0.2, 0.25) is 5.91 Å². The number of carbonyl (C=O) groups is 2. The quantitative estimate of drug-likeness (QED) is 0.447. The minimum Gasteiger partial charge on any atom is -0.355 e. The molecule has 0 atom stereocenters. The summed E-state index contributed by atoms with van der Waals surface area (Å²) in [6.07, 6.45) is 0.202. The summed E-state index contributed by atoms with van der Waals surface area (Å²) in [5.41, 5.74) is 1.22. The fourth-order valence-corrected chi connectivity index (χ4v) is 3.80. The van der Waals surface area contributed by atoms with E-state index in [9.17, 15) is 9.59 Å². The lowest BCUT2D eigenvalue weighted by molar-refractivity contribution is -0.120. The van der Waals surface area contributed by atoms with Gasteiger partial charge in [0.25, 0.3) is 5.91 Å². The molecule has 0 bridgehead atoms. The van der Waals surface area contributed by atoms with Gasteiger partial charge in [0.15, 0.2) is 5.13 Å². The Morgan fingerprint density at radius 3 is 2.44 bits per heavy atom. The van der Waals surface area contributed by atoms with Gasteiger partial charge in [0, 0.05) is 28.1 Å². The van der Waals surface area contributed by atoms with Gasteiger partial charge >= 0.3 is 0 Å². The summed E-state index contributed by atoms with van der Waals surface area (Å²) in [5, 5.41) is 7.93. The molecule has 0 unspecified atom stereocenters. The van der Waals surface area contributed by atoms with Crippen LogP contribution >= 0.6 is 23.1 Å². The monoisotopic (exact) mass is 397 g/mol. The molecule has 2 aromatic carbocycles. The van der Waals surface area contributed by atoms with E-state index in [4.69, 9.17) is 0 Å². The molecule has 138 valence electrons. The number of carbonyl (C=O) groups excluding carboxylic acids is 2. The van der Waals surface area contributed by atoms with Gasteiger partial charge in [-0.15, -0.1) is 23.1 Å². The van der Waals surface area contributed by atoms with E-state index < -0.39 is 0 Å². The highest BCUT2D eigenvalue weighted by Gasteiger charge is 2.11. The highest BCUT2D eigenvalue weighted by molar-refractivity contribution is 7.99. The summed E-state index contributed by atoms with van der Waals surface area (Å²) >= 11 is 3.01. The van der Waals surface area contributed by atoms with Crippen LogP contribution in [0.25, 0.3) is 0 Å². The highest BCUT2D eigenvalue weighted by Crippen LogP contribution is 2.17. The third-order valence-corrected chi connectivity index (χ3v) is 5.41. The van der Waals surface area contributed by atoms with E-state index in [0.717, 1.165) is 5.75 Å². The van der Waals surface area contributed by atoms with Crippen molar-refractivity contribution >= 4 is 40.0 Å². The number of nitrogens with zero attached hydrogens (tertiary/aromatic N) is 1. The normalized spacial score (nSPS) is 10.4. The first-order chi connectivity index (χ1) is 13.2. The fourth-order valence-electron chi connectivity index (χ4n) is 2.31. The van der Waals surface area contributed by atoms with Gasteiger partial charge in [-0.2, -0.15) is 0 Å². The van der Waals surface area contributed by atoms with Gasteiger partial charge in [0.1, 0.15) is 0 Å². The molecule has 2 N–H and O–H groups in total. The van der Waals surface area contributed by atoms with Crippen LogP contribution in [0.1, 0.15) is 16.1 Å². The number of rotatable bonds is 8. The maximum absolute atomic E-state index is 12.1. The zero-order valence-corrected chi connectivity index (χ0v) is 16.2. The number of amides is 2. The molecule has 0 aliphatic carbocycles. The third-order valence-electron chi connectivity index (χ3n) is 3.59. The molecule has 0 saturated heterocycles. The van der Waals surface area contributed by atoms with Crippen LogP contribution in [0.15, 0.2) is 70.9 Å².